The average Bonchev–Trinajstić information content (AvgIpc) is 2.28. The predicted molar refractivity (Wildman–Crippen MR) is 54.5 cm³/mol. The van der Waals surface area contributed by atoms with Crippen molar-refractivity contribution in [3.8, 4) is 5.75 Å². The van der Waals surface area contributed by atoms with E-state index in [2.05, 4.69) is 9.47 Å². The van der Waals surface area contributed by atoms with Crippen LogP contribution in [0.2, 0.25) is 0 Å². The molecular formula is C10H10F3NO4. The molecule has 0 aliphatic carbocycles. The second kappa shape index (κ2) is 5.58. The number of benzene rings is 1. The summed E-state index contributed by atoms with van der Waals surface area (Å²) in [6.45, 7) is 0.694. The SMILES string of the molecule is C[C@H](OC(=O)Oc1ccc(NO)cc1)C(F)(F)F. The molecule has 1 aromatic carbocycles. The van der Waals surface area contributed by atoms with Crippen LogP contribution in [0.3, 0.4) is 0 Å². The van der Waals surface area contributed by atoms with Crippen LogP contribution in [0, 0.1) is 0 Å². The number of halogens is 3. The molecule has 1 aromatic rings. The zero-order valence-electron chi connectivity index (χ0n) is 9.19. The van der Waals surface area contributed by atoms with Crippen molar-refractivity contribution in [2.24, 2.45) is 0 Å². The minimum Gasteiger partial charge on any atom is -0.421 e. The molecule has 18 heavy (non-hydrogen) atoms. The average molecular weight is 265 g/mol. The summed E-state index contributed by atoms with van der Waals surface area (Å²) in [7, 11) is 0. The van der Waals surface area contributed by atoms with Gasteiger partial charge in [-0.3, -0.25) is 10.7 Å². The highest BCUT2D eigenvalue weighted by atomic mass is 19.4. The Kier molecular flexibility index (Phi) is 4.38. The Labute approximate surface area is 100 Å². The third-order valence-electron chi connectivity index (χ3n) is 1.92. The first kappa shape index (κ1) is 14.1. The largest absolute Gasteiger partial charge is 0.514 e. The van der Waals surface area contributed by atoms with E-state index in [0.29, 0.717) is 12.6 Å². The minimum absolute atomic E-state index is 0.00613. The quantitative estimate of drug-likeness (QED) is 0.499. The number of rotatable bonds is 3. The van der Waals surface area contributed by atoms with Crippen LogP contribution in [0.4, 0.5) is 23.7 Å². The molecule has 0 bridgehead atoms. The third-order valence-corrected chi connectivity index (χ3v) is 1.92. The highest BCUT2D eigenvalue weighted by Crippen LogP contribution is 2.23. The summed E-state index contributed by atoms with van der Waals surface area (Å²) in [6, 6.07) is 5.27. The molecular weight excluding hydrogens is 255 g/mol. The number of hydrogen-bond acceptors (Lipinski definition) is 5. The Bertz CT molecular complexity index is 405. The van der Waals surface area contributed by atoms with Crippen LogP contribution in [0.25, 0.3) is 0 Å². The maximum absolute atomic E-state index is 12.1. The van der Waals surface area contributed by atoms with E-state index in [4.69, 9.17) is 5.21 Å². The summed E-state index contributed by atoms with van der Waals surface area (Å²) in [5.41, 5.74) is 2.17. The van der Waals surface area contributed by atoms with Gasteiger partial charge in [0.2, 0.25) is 0 Å². The van der Waals surface area contributed by atoms with E-state index in [1.807, 2.05) is 5.48 Å². The Balaban J connectivity index is 2.54. The first-order valence-electron chi connectivity index (χ1n) is 4.78. The van der Waals surface area contributed by atoms with Gasteiger partial charge < -0.3 is 9.47 Å². The van der Waals surface area contributed by atoms with E-state index in [1.54, 1.807) is 0 Å². The molecule has 2 N–H and O–H groups in total. The number of hydrogen-bond donors (Lipinski definition) is 2. The molecule has 0 heterocycles. The van der Waals surface area contributed by atoms with E-state index in [1.165, 1.54) is 24.3 Å². The van der Waals surface area contributed by atoms with Crippen molar-refractivity contribution in [1.29, 1.82) is 0 Å². The number of nitrogens with one attached hydrogen (secondary N) is 1. The lowest BCUT2D eigenvalue weighted by Gasteiger charge is -2.15. The van der Waals surface area contributed by atoms with Gasteiger partial charge in [-0.15, -0.1) is 0 Å². The molecule has 0 unspecified atom stereocenters. The van der Waals surface area contributed by atoms with Crippen molar-refractivity contribution in [3.05, 3.63) is 24.3 Å². The lowest BCUT2D eigenvalue weighted by molar-refractivity contribution is -0.200. The summed E-state index contributed by atoms with van der Waals surface area (Å²) in [4.78, 5) is 11.0. The van der Waals surface area contributed by atoms with E-state index in [9.17, 15) is 18.0 Å². The molecule has 0 aliphatic rings. The number of anilines is 1. The monoisotopic (exact) mass is 265 g/mol. The molecule has 5 nitrogen and oxygen atoms in total. The summed E-state index contributed by atoms with van der Waals surface area (Å²) >= 11 is 0. The first-order chi connectivity index (χ1) is 8.32. The normalized spacial score (nSPS) is 12.7. The van der Waals surface area contributed by atoms with E-state index < -0.39 is 18.4 Å². The molecule has 0 aliphatic heterocycles. The van der Waals surface area contributed by atoms with Crippen molar-refractivity contribution >= 4 is 11.8 Å². The van der Waals surface area contributed by atoms with Crippen LogP contribution in [-0.2, 0) is 4.74 Å². The molecule has 100 valence electrons. The topological polar surface area (TPSA) is 67.8 Å². The Morgan fingerprint density at radius 2 is 1.89 bits per heavy atom. The Morgan fingerprint density at radius 1 is 1.33 bits per heavy atom. The summed E-state index contributed by atoms with van der Waals surface area (Å²) in [6.07, 6.45) is -8.34. The Morgan fingerprint density at radius 3 is 2.33 bits per heavy atom. The fraction of sp³-hybridized carbons (Fsp3) is 0.300. The first-order valence-corrected chi connectivity index (χ1v) is 4.78. The highest BCUT2D eigenvalue weighted by molar-refractivity contribution is 5.64. The van der Waals surface area contributed by atoms with Gasteiger partial charge in [-0.2, -0.15) is 13.2 Å². The van der Waals surface area contributed by atoms with E-state index in [-0.39, 0.29) is 5.75 Å². The van der Waals surface area contributed by atoms with Gasteiger partial charge in [0.15, 0.2) is 6.10 Å². The van der Waals surface area contributed by atoms with Crippen molar-refractivity contribution in [1.82, 2.24) is 0 Å². The standard InChI is InChI=1S/C10H10F3NO4/c1-6(10(11,12)13)17-9(15)18-8-4-2-7(14-16)3-5-8/h2-6,14,16H,1H3/t6-/m0/s1. The van der Waals surface area contributed by atoms with Crippen LogP contribution < -0.4 is 10.2 Å². The van der Waals surface area contributed by atoms with Gasteiger partial charge in [-0.05, 0) is 31.2 Å². The van der Waals surface area contributed by atoms with Gasteiger partial charge in [0, 0.05) is 0 Å². The second-order valence-corrected chi connectivity index (χ2v) is 3.29. The molecule has 0 spiro atoms. The van der Waals surface area contributed by atoms with Gasteiger partial charge in [0.05, 0.1) is 5.69 Å². The molecule has 0 saturated carbocycles. The zero-order valence-corrected chi connectivity index (χ0v) is 9.19. The van der Waals surface area contributed by atoms with Crippen molar-refractivity contribution in [2.45, 2.75) is 19.2 Å². The predicted octanol–water partition coefficient (Wildman–Crippen LogP) is 2.95. The van der Waals surface area contributed by atoms with Gasteiger partial charge in [-0.1, -0.05) is 0 Å². The molecule has 1 atom stereocenters. The van der Waals surface area contributed by atoms with Crippen LogP contribution in [-0.4, -0.2) is 23.6 Å². The number of carbonyl (C=O) groups is 1. The summed E-state index contributed by atoms with van der Waals surface area (Å²) < 4.78 is 44.8. The fourth-order valence-corrected chi connectivity index (χ4v) is 0.929. The maximum atomic E-state index is 12.1. The molecule has 0 aromatic heterocycles. The van der Waals surface area contributed by atoms with Crippen LogP contribution in [0.5, 0.6) is 5.75 Å². The minimum atomic E-state index is -4.64. The number of alkyl halides is 3. The lowest BCUT2D eigenvalue weighted by Crippen LogP contribution is -2.31. The Hall–Kier alpha value is -1.96. The molecule has 0 saturated heterocycles. The summed E-state index contributed by atoms with van der Waals surface area (Å²) in [5, 5.41) is 8.51. The van der Waals surface area contributed by atoms with E-state index in [0.717, 1.165) is 0 Å². The maximum Gasteiger partial charge on any atom is 0.514 e. The number of carbonyl (C=O) groups excluding carboxylic acids is 1. The van der Waals surface area contributed by atoms with Crippen molar-refractivity contribution in [2.75, 3.05) is 5.48 Å². The van der Waals surface area contributed by atoms with Crippen molar-refractivity contribution < 1.29 is 32.6 Å². The van der Waals surface area contributed by atoms with Gasteiger partial charge in [0.1, 0.15) is 5.75 Å². The molecule has 8 heteroatoms. The summed E-state index contributed by atoms with van der Waals surface area (Å²) in [5.74, 6) is -0.00613. The zero-order chi connectivity index (χ0) is 13.8. The van der Waals surface area contributed by atoms with Crippen molar-refractivity contribution in [3.63, 3.8) is 0 Å². The number of ether oxygens (including phenoxy) is 2. The lowest BCUT2D eigenvalue weighted by atomic mass is 10.3. The van der Waals surface area contributed by atoms with E-state index >= 15 is 0 Å². The van der Waals surface area contributed by atoms with Gasteiger partial charge in [0.25, 0.3) is 0 Å². The van der Waals surface area contributed by atoms with Crippen LogP contribution in [0.15, 0.2) is 24.3 Å². The smallest absolute Gasteiger partial charge is 0.421 e. The third kappa shape index (κ3) is 4.13. The molecule has 0 radical (unpaired) electrons. The van der Waals surface area contributed by atoms with Gasteiger partial charge >= 0.3 is 12.3 Å². The molecule has 1 rings (SSSR count). The second-order valence-electron chi connectivity index (χ2n) is 3.29. The van der Waals surface area contributed by atoms with Crippen LogP contribution in [0.1, 0.15) is 6.92 Å². The molecule has 0 fully saturated rings. The van der Waals surface area contributed by atoms with Crippen LogP contribution >= 0.6 is 0 Å². The molecule has 0 amide bonds. The van der Waals surface area contributed by atoms with Gasteiger partial charge in [-0.25, -0.2) is 4.79 Å². The fourth-order valence-electron chi connectivity index (χ4n) is 0.929. The highest BCUT2D eigenvalue weighted by Gasteiger charge is 2.39.